The Kier molecular flexibility index (Phi) is 3.82. The van der Waals surface area contributed by atoms with Gasteiger partial charge in [0.2, 0.25) is 5.91 Å². The largest absolute Gasteiger partial charge is 0.394 e. The van der Waals surface area contributed by atoms with Crippen LogP contribution in [-0.4, -0.2) is 88.6 Å². The smallest absolute Gasteiger partial charge is 0.327 e. The highest BCUT2D eigenvalue weighted by Gasteiger charge is 2.53. The van der Waals surface area contributed by atoms with Gasteiger partial charge >= 0.3 is 6.03 Å². The van der Waals surface area contributed by atoms with Crippen molar-refractivity contribution in [1.29, 1.82) is 0 Å². The van der Waals surface area contributed by atoms with Crippen LogP contribution in [0.3, 0.4) is 0 Å². The molecule has 4 unspecified atom stereocenters. The number of urea groups is 1. The van der Waals surface area contributed by atoms with E-state index in [-0.39, 0.29) is 0 Å². The Balaban J connectivity index is 1.85. The molecule has 118 valence electrons. The molecule has 3 fully saturated rings. The van der Waals surface area contributed by atoms with Gasteiger partial charge in [0.15, 0.2) is 6.23 Å². The van der Waals surface area contributed by atoms with Crippen LogP contribution in [0.25, 0.3) is 0 Å². The lowest BCUT2D eigenvalue weighted by atomic mass is 10.1. The molecule has 3 saturated heterocycles. The Morgan fingerprint density at radius 3 is 2.57 bits per heavy atom. The Bertz CT molecular complexity index is 448. The summed E-state index contributed by atoms with van der Waals surface area (Å²) in [6.07, 6.45) is -5.49. The third-order valence-corrected chi connectivity index (χ3v) is 4.00. The highest BCUT2D eigenvalue weighted by Crippen LogP contribution is 2.27. The summed E-state index contributed by atoms with van der Waals surface area (Å²) in [5, 5.41) is 37.1. The zero-order valence-electron chi connectivity index (χ0n) is 11.1. The number of carbonyl (C=O) groups is 2. The second-order valence-electron chi connectivity index (χ2n) is 5.26. The molecular weight excluding hydrogens is 284 g/mol. The van der Waals surface area contributed by atoms with E-state index in [1.807, 2.05) is 0 Å². The average Bonchev–Trinajstić information content (AvgIpc) is 2.75. The number of carbonyl (C=O) groups excluding carboxylic acids is 2. The third-order valence-electron chi connectivity index (χ3n) is 4.00. The van der Waals surface area contributed by atoms with Crippen molar-refractivity contribution in [2.75, 3.05) is 19.7 Å². The number of amides is 3. The molecule has 3 heterocycles. The van der Waals surface area contributed by atoms with Gasteiger partial charge in [-0.3, -0.25) is 20.3 Å². The minimum absolute atomic E-state index is 0.458. The van der Waals surface area contributed by atoms with Crippen molar-refractivity contribution in [3.63, 3.8) is 0 Å². The van der Waals surface area contributed by atoms with Crippen molar-refractivity contribution in [3.8, 4) is 0 Å². The monoisotopic (exact) mass is 302 g/mol. The lowest BCUT2D eigenvalue weighted by Crippen LogP contribution is -2.76. The normalized spacial score (nSPS) is 43.7. The van der Waals surface area contributed by atoms with Gasteiger partial charge in [-0.15, -0.1) is 0 Å². The molecule has 0 saturated carbocycles. The number of hydrogen-bond acceptors (Lipinski definition) is 8. The van der Waals surface area contributed by atoms with Crippen molar-refractivity contribution < 1.29 is 29.6 Å². The van der Waals surface area contributed by atoms with Gasteiger partial charge in [-0.1, -0.05) is 0 Å². The molecule has 0 bridgehead atoms. The summed E-state index contributed by atoms with van der Waals surface area (Å²) in [5.41, 5.74) is 0. The van der Waals surface area contributed by atoms with E-state index in [4.69, 9.17) is 9.84 Å². The first-order chi connectivity index (χ1) is 10.0. The Morgan fingerprint density at radius 1 is 1.19 bits per heavy atom. The maximum atomic E-state index is 12.1. The summed E-state index contributed by atoms with van der Waals surface area (Å²) in [6.45, 7) is 0.614. The van der Waals surface area contributed by atoms with Crippen molar-refractivity contribution in [2.24, 2.45) is 0 Å². The fourth-order valence-electron chi connectivity index (χ4n) is 2.93. The number of nitrogens with one attached hydrogen (secondary N) is 3. The van der Waals surface area contributed by atoms with Gasteiger partial charge < -0.3 is 25.4 Å². The van der Waals surface area contributed by atoms with Crippen LogP contribution in [0, 0.1) is 0 Å². The van der Waals surface area contributed by atoms with E-state index in [0.717, 1.165) is 4.90 Å². The third kappa shape index (κ3) is 2.29. The molecule has 0 aromatic carbocycles. The molecule has 0 spiro atoms. The van der Waals surface area contributed by atoms with E-state index >= 15 is 0 Å². The standard InChI is InChI=1S/C11H18N4O6/c16-3-4-6(17)7(18)10(21-4)15-8-5(12-1-2-13-8)9(19)14-11(15)20/h4-8,10,12-13,16-18H,1-3H2,(H,14,19,20)/t4-,5?,6?,7?,8?,10-/m1/s1. The molecule has 3 amide bonds. The fraction of sp³-hybridized carbons (Fsp3) is 0.818. The SMILES string of the molecule is O=C1NC(=O)N([C@@H]2O[C@H](CO)C(O)C2O)C2NCCNC12. The molecule has 10 nitrogen and oxygen atoms in total. The maximum Gasteiger partial charge on any atom is 0.327 e. The van der Waals surface area contributed by atoms with E-state index in [0.29, 0.717) is 13.1 Å². The van der Waals surface area contributed by atoms with Gasteiger partial charge in [0, 0.05) is 13.1 Å². The number of rotatable bonds is 2. The van der Waals surface area contributed by atoms with Gasteiger partial charge in [-0.05, 0) is 0 Å². The minimum atomic E-state index is -1.37. The van der Waals surface area contributed by atoms with Gasteiger partial charge in [-0.2, -0.15) is 0 Å². The summed E-state index contributed by atoms with van der Waals surface area (Å²) in [6, 6.07) is -1.38. The molecule has 3 aliphatic rings. The highest BCUT2D eigenvalue weighted by molar-refractivity contribution is 6.00. The Labute approximate surface area is 120 Å². The Morgan fingerprint density at radius 2 is 1.90 bits per heavy atom. The number of hydrogen-bond donors (Lipinski definition) is 6. The first-order valence-electron chi connectivity index (χ1n) is 6.77. The van der Waals surface area contributed by atoms with Gasteiger partial charge in [0.05, 0.1) is 6.61 Å². The molecule has 6 N–H and O–H groups in total. The molecule has 0 aromatic rings. The number of aliphatic hydroxyl groups is 3. The predicted octanol–water partition coefficient (Wildman–Crippen LogP) is -4.14. The lowest BCUT2D eigenvalue weighted by molar-refractivity contribution is -0.137. The van der Waals surface area contributed by atoms with Crippen molar-refractivity contribution in [1.82, 2.24) is 20.9 Å². The number of ether oxygens (including phenoxy) is 1. The first-order valence-corrected chi connectivity index (χ1v) is 6.77. The van der Waals surface area contributed by atoms with Crippen LogP contribution in [0.5, 0.6) is 0 Å². The molecule has 0 radical (unpaired) electrons. The average molecular weight is 302 g/mol. The maximum absolute atomic E-state index is 12.1. The second-order valence-corrected chi connectivity index (χ2v) is 5.26. The molecular formula is C11H18N4O6. The van der Waals surface area contributed by atoms with Crippen molar-refractivity contribution in [2.45, 2.75) is 36.7 Å². The van der Waals surface area contributed by atoms with E-state index < -0.39 is 55.3 Å². The van der Waals surface area contributed by atoms with E-state index in [1.54, 1.807) is 0 Å². The second kappa shape index (κ2) is 5.48. The van der Waals surface area contributed by atoms with Crippen LogP contribution < -0.4 is 16.0 Å². The first kappa shape index (κ1) is 14.6. The van der Waals surface area contributed by atoms with E-state index in [9.17, 15) is 19.8 Å². The molecule has 3 rings (SSSR count). The van der Waals surface area contributed by atoms with Crippen LogP contribution in [0.15, 0.2) is 0 Å². The summed E-state index contributed by atoms with van der Waals surface area (Å²) in [4.78, 5) is 25.1. The number of piperazine rings is 1. The molecule has 3 aliphatic heterocycles. The molecule has 0 aromatic heterocycles. The number of nitrogens with zero attached hydrogens (tertiary/aromatic N) is 1. The van der Waals surface area contributed by atoms with Crippen LogP contribution in [0.1, 0.15) is 0 Å². The van der Waals surface area contributed by atoms with Crippen LogP contribution in [-0.2, 0) is 9.53 Å². The molecule has 6 atom stereocenters. The van der Waals surface area contributed by atoms with Crippen molar-refractivity contribution >= 4 is 11.9 Å². The molecule has 0 aliphatic carbocycles. The lowest BCUT2D eigenvalue weighted by Gasteiger charge is -2.46. The summed E-state index contributed by atoms with van der Waals surface area (Å²) in [5.74, 6) is -0.458. The van der Waals surface area contributed by atoms with Gasteiger partial charge in [0.1, 0.15) is 30.5 Å². The summed E-state index contributed by atoms with van der Waals surface area (Å²) in [7, 11) is 0. The predicted molar refractivity (Wildman–Crippen MR) is 66.7 cm³/mol. The van der Waals surface area contributed by atoms with Crippen molar-refractivity contribution in [3.05, 3.63) is 0 Å². The number of imide groups is 1. The number of fused-ring (bicyclic) bond motifs is 1. The topological polar surface area (TPSA) is 143 Å². The quantitative estimate of drug-likeness (QED) is 0.302. The summed E-state index contributed by atoms with van der Waals surface area (Å²) < 4.78 is 5.37. The number of aliphatic hydroxyl groups excluding tert-OH is 3. The van der Waals surface area contributed by atoms with Gasteiger partial charge in [-0.25, -0.2) is 4.79 Å². The van der Waals surface area contributed by atoms with Crippen LogP contribution in [0.2, 0.25) is 0 Å². The Hall–Kier alpha value is -1.30. The van der Waals surface area contributed by atoms with E-state index in [1.165, 1.54) is 0 Å². The van der Waals surface area contributed by atoms with E-state index in [2.05, 4.69) is 16.0 Å². The fourth-order valence-corrected chi connectivity index (χ4v) is 2.93. The van der Waals surface area contributed by atoms with Crippen LogP contribution >= 0.6 is 0 Å². The molecule has 10 heteroatoms. The summed E-state index contributed by atoms with van der Waals surface area (Å²) >= 11 is 0. The highest BCUT2D eigenvalue weighted by atomic mass is 16.6. The minimum Gasteiger partial charge on any atom is -0.394 e. The zero-order valence-corrected chi connectivity index (χ0v) is 11.1. The molecule has 21 heavy (non-hydrogen) atoms. The van der Waals surface area contributed by atoms with Gasteiger partial charge in [0.25, 0.3) is 0 Å². The van der Waals surface area contributed by atoms with Crippen LogP contribution in [0.4, 0.5) is 4.79 Å². The zero-order chi connectivity index (χ0) is 15.1.